The molecular weight excluding hydrogens is 272 g/mol. The number of piperidine rings is 1. The van der Waals surface area contributed by atoms with Gasteiger partial charge in [0, 0.05) is 22.8 Å². The van der Waals surface area contributed by atoms with Crippen LogP contribution in [0.5, 0.6) is 0 Å². The minimum atomic E-state index is -3.45. The zero-order valence-electron chi connectivity index (χ0n) is 10.3. The first-order valence-electron chi connectivity index (χ1n) is 5.90. The SMILES string of the molecule is CN1CCCC(NS(=O)(=O)c2csc(CO)c2)C1. The number of rotatable bonds is 4. The molecule has 7 heteroatoms. The van der Waals surface area contributed by atoms with Crippen molar-refractivity contribution >= 4 is 21.4 Å². The van der Waals surface area contributed by atoms with E-state index in [2.05, 4.69) is 9.62 Å². The van der Waals surface area contributed by atoms with Crippen LogP contribution in [-0.2, 0) is 16.6 Å². The fourth-order valence-corrected chi connectivity index (χ4v) is 4.53. The van der Waals surface area contributed by atoms with Crippen molar-refractivity contribution in [3.63, 3.8) is 0 Å². The Balaban J connectivity index is 2.06. The fraction of sp³-hybridized carbons (Fsp3) is 0.636. The fourth-order valence-electron chi connectivity index (χ4n) is 2.13. The Bertz CT molecular complexity index is 498. The van der Waals surface area contributed by atoms with Gasteiger partial charge in [0.25, 0.3) is 0 Å². The Hall–Kier alpha value is -0.470. The number of nitrogens with zero attached hydrogens (tertiary/aromatic N) is 1. The Morgan fingerprint density at radius 3 is 3.00 bits per heavy atom. The van der Waals surface area contributed by atoms with E-state index in [9.17, 15) is 8.42 Å². The molecule has 2 rings (SSSR count). The van der Waals surface area contributed by atoms with Gasteiger partial charge in [-0.3, -0.25) is 0 Å². The molecule has 2 N–H and O–H groups in total. The third kappa shape index (κ3) is 3.30. The van der Waals surface area contributed by atoms with Crippen LogP contribution in [0.25, 0.3) is 0 Å². The van der Waals surface area contributed by atoms with Gasteiger partial charge in [-0.25, -0.2) is 13.1 Å². The maximum atomic E-state index is 12.1. The number of likely N-dealkylation sites (N-methyl/N-ethyl adjacent to an activating group) is 1. The molecule has 18 heavy (non-hydrogen) atoms. The summed E-state index contributed by atoms with van der Waals surface area (Å²) in [6, 6.07) is 1.51. The number of nitrogens with one attached hydrogen (secondary N) is 1. The molecule has 0 amide bonds. The van der Waals surface area contributed by atoms with Gasteiger partial charge in [0.15, 0.2) is 0 Å². The minimum absolute atomic E-state index is 0.0220. The van der Waals surface area contributed by atoms with Gasteiger partial charge in [0.1, 0.15) is 0 Å². The van der Waals surface area contributed by atoms with Crippen molar-refractivity contribution in [3.05, 3.63) is 16.3 Å². The van der Waals surface area contributed by atoms with Crippen molar-refractivity contribution in [3.8, 4) is 0 Å². The first kappa shape index (κ1) is 14.0. The molecule has 1 aromatic rings. The van der Waals surface area contributed by atoms with E-state index in [1.165, 1.54) is 17.4 Å². The van der Waals surface area contributed by atoms with Crippen molar-refractivity contribution in [2.24, 2.45) is 0 Å². The lowest BCUT2D eigenvalue weighted by molar-refractivity contribution is 0.242. The average Bonchev–Trinajstić information content (AvgIpc) is 2.77. The zero-order valence-corrected chi connectivity index (χ0v) is 11.9. The topological polar surface area (TPSA) is 69.6 Å². The molecule has 1 unspecified atom stereocenters. The van der Waals surface area contributed by atoms with Gasteiger partial charge in [-0.05, 0) is 32.5 Å². The summed E-state index contributed by atoms with van der Waals surface area (Å²) < 4.78 is 27.0. The Morgan fingerprint density at radius 1 is 1.61 bits per heavy atom. The number of sulfonamides is 1. The van der Waals surface area contributed by atoms with Crippen molar-refractivity contribution in [1.82, 2.24) is 9.62 Å². The van der Waals surface area contributed by atoms with Gasteiger partial charge < -0.3 is 10.0 Å². The highest BCUT2D eigenvalue weighted by Gasteiger charge is 2.24. The molecule has 0 bridgehead atoms. The van der Waals surface area contributed by atoms with Gasteiger partial charge in [-0.1, -0.05) is 0 Å². The average molecular weight is 290 g/mol. The highest BCUT2D eigenvalue weighted by atomic mass is 32.2. The van der Waals surface area contributed by atoms with Crippen LogP contribution in [0.15, 0.2) is 16.3 Å². The number of aliphatic hydroxyl groups excluding tert-OH is 1. The molecule has 1 aliphatic rings. The van der Waals surface area contributed by atoms with Gasteiger partial charge in [0.05, 0.1) is 11.5 Å². The number of hydrogen-bond donors (Lipinski definition) is 2. The summed E-state index contributed by atoms with van der Waals surface area (Å²) in [6.45, 7) is 1.65. The molecule has 2 heterocycles. The van der Waals surface area contributed by atoms with Crippen LogP contribution in [-0.4, -0.2) is 44.6 Å². The van der Waals surface area contributed by atoms with Gasteiger partial charge >= 0.3 is 0 Å². The molecule has 1 aliphatic heterocycles. The third-order valence-corrected chi connectivity index (χ3v) is 5.61. The zero-order chi connectivity index (χ0) is 13.2. The second-order valence-electron chi connectivity index (χ2n) is 4.63. The maximum Gasteiger partial charge on any atom is 0.241 e. The predicted molar refractivity (Wildman–Crippen MR) is 71.1 cm³/mol. The molecule has 102 valence electrons. The lowest BCUT2D eigenvalue weighted by Crippen LogP contribution is -2.46. The van der Waals surface area contributed by atoms with Crippen LogP contribution < -0.4 is 4.72 Å². The molecule has 1 aromatic heterocycles. The molecule has 0 spiro atoms. The van der Waals surface area contributed by atoms with E-state index >= 15 is 0 Å². The van der Waals surface area contributed by atoms with Crippen molar-refractivity contribution in [2.75, 3.05) is 20.1 Å². The Kier molecular flexibility index (Phi) is 4.39. The number of aliphatic hydroxyl groups is 1. The van der Waals surface area contributed by atoms with E-state index in [0.29, 0.717) is 4.88 Å². The van der Waals surface area contributed by atoms with Crippen LogP contribution in [0.2, 0.25) is 0 Å². The highest BCUT2D eigenvalue weighted by Crippen LogP contribution is 2.20. The smallest absolute Gasteiger partial charge is 0.241 e. The first-order chi connectivity index (χ1) is 8.51. The van der Waals surface area contributed by atoms with Crippen LogP contribution in [0, 0.1) is 0 Å². The summed E-state index contributed by atoms with van der Waals surface area (Å²) in [7, 11) is -1.45. The Morgan fingerprint density at radius 2 is 2.39 bits per heavy atom. The molecule has 0 aromatic carbocycles. The largest absolute Gasteiger partial charge is 0.391 e. The van der Waals surface area contributed by atoms with Crippen LogP contribution in [0.1, 0.15) is 17.7 Å². The Labute approximate surface area is 111 Å². The second-order valence-corrected chi connectivity index (χ2v) is 7.34. The highest BCUT2D eigenvalue weighted by molar-refractivity contribution is 7.89. The first-order valence-corrected chi connectivity index (χ1v) is 8.26. The standard InChI is InChI=1S/C11H18N2O3S2/c1-13-4-2-3-9(6-13)12-18(15,16)11-5-10(7-14)17-8-11/h5,8-9,12,14H,2-4,6-7H2,1H3. The summed E-state index contributed by atoms with van der Waals surface area (Å²) in [4.78, 5) is 3.05. The van der Waals surface area contributed by atoms with Gasteiger partial charge in [-0.2, -0.15) is 0 Å². The predicted octanol–water partition coefficient (Wildman–Crippen LogP) is 0.613. The molecule has 0 aliphatic carbocycles. The molecule has 1 fully saturated rings. The maximum absolute atomic E-state index is 12.1. The van der Waals surface area contributed by atoms with Gasteiger partial charge in [0.2, 0.25) is 10.0 Å². The third-order valence-electron chi connectivity index (χ3n) is 3.04. The monoisotopic (exact) mass is 290 g/mol. The van der Waals surface area contributed by atoms with E-state index in [-0.39, 0.29) is 17.5 Å². The van der Waals surface area contributed by atoms with Crippen LogP contribution in [0.3, 0.4) is 0 Å². The lowest BCUT2D eigenvalue weighted by atomic mass is 10.1. The molecule has 1 saturated heterocycles. The molecule has 1 atom stereocenters. The minimum Gasteiger partial charge on any atom is -0.391 e. The number of hydrogen-bond acceptors (Lipinski definition) is 5. The molecular formula is C11H18N2O3S2. The van der Waals surface area contributed by atoms with E-state index in [0.717, 1.165) is 25.9 Å². The van der Waals surface area contributed by atoms with Crippen LogP contribution >= 0.6 is 11.3 Å². The summed E-state index contributed by atoms with van der Waals surface area (Å²) in [5.41, 5.74) is 0. The van der Waals surface area contributed by atoms with E-state index in [1.54, 1.807) is 5.38 Å². The van der Waals surface area contributed by atoms with Crippen LogP contribution in [0.4, 0.5) is 0 Å². The molecule has 5 nitrogen and oxygen atoms in total. The quantitative estimate of drug-likeness (QED) is 0.852. The van der Waals surface area contributed by atoms with Crippen molar-refractivity contribution in [2.45, 2.75) is 30.4 Å². The molecule has 0 radical (unpaired) electrons. The lowest BCUT2D eigenvalue weighted by Gasteiger charge is -2.29. The molecule has 0 saturated carbocycles. The summed E-state index contributed by atoms with van der Waals surface area (Å²) >= 11 is 1.26. The van der Waals surface area contributed by atoms with Crippen molar-refractivity contribution in [1.29, 1.82) is 0 Å². The normalized spacial score (nSPS) is 22.2. The number of thiophene rings is 1. The van der Waals surface area contributed by atoms with Gasteiger partial charge in [-0.15, -0.1) is 11.3 Å². The summed E-state index contributed by atoms with van der Waals surface area (Å²) in [5, 5.41) is 10.5. The number of likely N-dealkylation sites (tertiary alicyclic amines) is 1. The van der Waals surface area contributed by atoms with Crippen molar-refractivity contribution < 1.29 is 13.5 Å². The van der Waals surface area contributed by atoms with E-state index < -0.39 is 10.0 Å². The summed E-state index contributed by atoms with van der Waals surface area (Å²) in [6.07, 6.45) is 1.88. The van der Waals surface area contributed by atoms with E-state index in [1.807, 2.05) is 7.05 Å². The second kappa shape index (κ2) is 5.66. The van der Waals surface area contributed by atoms with E-state index in [4.69, 9.17) is 5.11 Å². The summed E-state index contributed by atoms with van der Waals surface area (Å²) in [5.74, 6) is 0.